The Hall–Kier alpha value is -3.88. The van der Waals surface area contributed by atoms with Gasteiger partial charge in [0.05, 0.1) is 29.6 Å². The van der Waals surface area contributed by atoms with Crippen LogP contribution in [-0.2, 0) is 12.7 Å². The van der Waals surface area contributed by atoms with Crippen molar-refractivity contribution in [1.82, 2.24) is 19.5 Å². The molecule has 2 aromatic carbocycles. The maximum atomic E-state index is 15.0. The largest absolute Gasteiger partial charge is 0.416 e. The molecule has 0 aliphatic carbocycles. The van der Waals surface area contributed by atoms with Crippen LogP contribution in [0.4, 0.5) is 22.0 Å². The Morgan fingerprint density at radius 2 is 1.72 bits per heavy atom. The van der Waals surface area contributed by atoms with Gasteiger partial charge in [-0.05, 0) is 36.4 Å². The van der Waals surface area contributed by atoms with Gasteiger partial charge in [-0.3, -0.25) is 4.98 Å². The number of pyridine rings is 2. The predicted octanol–water partition coefficient (Wildman–Crippen LogP) is 5.99. The molecule has 0 saturated heterocycles. The molecular formula is C23H13F5N4. The van der Waals surface area contributed by atoms with Gasteiger partial charge in [-0.15, -0.1) is 0 Å². The molecule has 0 unspecified atom stereocenters. The quantitative estimate of drug-likeness (QED) is 0.324. The first-order valence-corrected chi connectivity index (χ1v) is 9.52. The Balaban J connectivity index is 1.58. The van der Waals surface area contributed by atoms with Gasteiger partial charge in [-0.1, -0.05) is 12.1 Å². The highest BCUT2D eigenvalue weighted by Crippen LogP contribution is 2.32. The lowest BCUT2D eigenvalue weighted by Gasteiger charge is -2.10. The van der Waals surface area contributed by atoms with Crippen LogP contribution in [0.5, 0.6) is 0 Å². The zero-order valence-corrected chi connectivity index (χ0v) is 16.2. The van der Waals surface area contributed by atoms with Crippen molar-refractivity contribution in [2.24, 2.45) is 0 Å². The molecule has 3 aromatic heterocycles. The molecule has 0 spiro atoms. The summed E-state index contributed by atoms with van der Waals surface area (Å²) in [6, 6.07) is 12.2. The molecule has 5 aromatic rings. The van der Waals surface area contributed by atoms with Crippen molar-refractivity contribution in [3.8, 4) is 11.3 Å². The second-order valence-corrected chi connectivity index (χ2v) is 7.21. The standard InChI is InChI=1S/C23H13F5N4/c24-17-10-20-15(5-2-8-29-20)21(25)16(17)11-32-12-30-19-7-6-18(31-22(19)32)13-3-1-4-14(9-13)23(26,27)28/h1-10,12H,11H2. The SMILES string of the molecule is Fc1cc2ncccc2c(F)c1Cn1cnc2ccc(-c3cccc(C(F)(F)F)c3)nc21. The third kappa shape index (κ3) is 3.45. The van der Waals surface area contributed by atoms with Gasteiger partial charge in [0.25, 0.3) is 0 Å². The van der Waals surface area contributed by atoms with Gasteiger partial charge in [0.15, 0.2) is 5.65 Å². The third-order valence-electron chi connectivity index (χ3n) is 5.17. The summed E-state index contributed by atoms with van der Waals surface area (Å²) in [7, 11) is 0. The molecule has 0 atom stereocenters. The second-order valence-electron chi connectivity index (χ2n) is 7.21. The highest BCUT2D eigenvalue weighted by Gasteiger charge is 2.30. The van der Waals surface area contributed by atoms with Crippen molar-refractivity contribution < 1.29 is 22.0 Å². The van der Waals surface area contributed by atoms with E-state index in [2.05, 4.69) is 15.0 Å². The van der Waals surface area contributed by atoms with Crippen LogP contribution in [-0.4, -0.2) is 19.5 Å². The normalized spacial score (nSPS) is 12.0. The molecule has 0 aliphatic rings. The van der Waals surface area contributed by atoms with Gasteiger partial charge in [0.2, 0.25) is 0 Å². The zero-order chi connectivity index (χ0) is 22.5. The highest BCUT2D eigenvalue weighted by atomic mass is 19.4. The van der Waals surface area contributed by atoms with E-state index in [-0.39, 0.29) is 34.3 Å². The fourth-order valence-corrected chi connectivity index (χ4v) is 3.58. The summed E-state index contributed by atoms with van der Waals surface area (Å²) < 4.78 is 70.3. The van der Waals surface area contributed by atoms with Crippen molar-refractivity contribution in [1.29, 1.82) is 0 Å². The number of aromatic nitrogens is 4. The monoisotopic (exact) mass is 440 g/mol. The van der Waals surface area contributed by atoms with E-state index < -0.39 is 23.4 Å². The minimum absolute atomic E-state index is 0.184. The Labute approximate surface area is 178 Å². The molecule has 0 N–H and O–H groups in total. The van der Waals surface area contributed by atoms with Gasteiger partial charge in [0.1, 0.15) is 17.2 Å². The molecule has 32 heavy (non-hydrogen) atoms. The molecule has 0 bridgehead atoms. The fourth-order valence-electron chi connectivity index (χ4n) is 3.58. The summed E-state index contributed by atoms with van der Waals surface area (Å²) >= 11 is 0. The molecule has 5 rings (SSSR count). The number of imidazole rings is 1. The Morgan fingerprint density at radius 1 is 0.875 bits per heavy atom. The number of benzene rings is 2. The number of halogens is 5. The van der Waals surface area contributed by atoms with Gasteiger partial charge < -0.3 is 4.57 Å². The van der Waals surface area contributed by atoms with E-state index in [1.807, 2.05) is 0 Å². The number of fused-ring (bicyclic) bond motifs is 2. The summed E-state index contributed by atoms with van der Waals surface area (Å²) in [6.07, 6.45) is -1.65. The first-order valence-electron chi connectivity index (χ1n) is 9.52. The first-order chi connectivity index (χ1) is 15.3. The molecule has 160 valence electrons. The molecule has 0 radical (unpaired) electrons. The number of rotatable bonds is 3. The number of hydrogen-bond donors (Lipinski definition) is 0. The summed E-state index contributed by atoms with van der Waals surface area (Å²) in [5, 5.41) is 0.186. The van der Waals surface area contributed by atoms with Crippen molar-refractivity contribution >= 4 is 22.1 Å². The highest BCUT2D eigenvalue weighted by molar-refractivity contribution is 5.80. The van der Waals surface area contributed by atoms with Crippen LogP contribution in [0.1, 0.15) is 11.1 Å². The zero-order valence-electron chi connectivity index (χ0n) is 16.2. The van der Waals surface area contributed by atoms with Crippen LogP contribution in [0.15, 0.2) is 67.1 Å². The number of alkyl halides is 3. The average molecular weight is 440 g/mol. The van der Waals surface area contributed by atoms with E-state index in [9.17, 15) is 22.0 Å². The minimum atomic E-state index is -4.48. The van der Waals surface area contributed by atoms with E-state index in [1.165, 1.54) is 35.3 Å². The van der Waals surface area contributed by atoms with E-state index >= 15 is 0 Å². The van der Waals surface area contributed by atoms with Gasteiger partial charge in [0, 0.05) is 28.8 Å². The predicted molar refractivity (Wildman–Crippen MR) is 109 cm³/mol. The van der Waals surface area contributed by atoms with Gasteiger partial charge >= 0.3 is 6.18 Å². The van der Waals surface area contributed by atoms with Crippen molar-refractivity contribution in [3.05, 3.63) is 89.9 Å². The summed E-state index contributed by atoms with van der Waals surface area (Å²) in [5.41, 5.74) is 0.522. The van der Waals surface area contributed by atoms with Crippen LogP contribution < -0.4 is 0 Å². The van der Waals surface area contributed by atoms with Crippen LogP contribution in [0.2, 0.25) is 0 Å². The molecule has 9 heteroatoms. The van der Waals surface area contributed by atoms with Gasteiger partial charge in [-0.25, -0.2) is 18.7 Å². The molecule has 3 heterocycles. The maximum Gasteiger partial charge on any atom is 0.416 e. The minimum Gasteiger partial charge on any atom is -0.311 e. The Bertz CT molecular complexity index is 1470. The van der Waals surface area contributed by atoms with Crippen LogP contribution in [0.3, 0.4) is 0 Å². The lowest BCUT2D eigenvalue weighted by molar-refractivity contribution is -0.137. The molecule has 0 fully saturated rings. The van der Waals surface area contributed by atoms with Crippen molar-refractivity contribution in [3.63, 3.8) is 0 Å². The molecule has 0 amide bonds. The Morgan fingerprint density at radius 3 is 2.53 bits per heavy atom. The van der Waals surface area contributed by atoms with E-state index in [4.69, 9.17) is 0 Å². The van der Waals surface area contributed by atoms with Gasteiger partial charge in [-0.2, -0.15) is 13.2 Å². The van der Waals surface area contributed by atoms with Crippen LogP contribution in [0, 0.1) is 11.6 Å². The number of hydrogen-bond acceptors (Lipinski definition) is 3. The summed E-state index contributed by atoms with van der Waals surface area (Å²) in [5.74, 6) is -1.49. The third-order valence-corrected chi connectivity index (χ3v) is 5.17. The summed E-state index contributed by atoms with van der Waals surface area (Å²) in [6.45, 7) is -0.196. The molecule has 4 nitrogen and oxygen atoms in total. The smallest absolute Gasteiger partial charge is 0.311 e. The van der Waals surface area contributed by atoms with Crippen LogP contribution in [0.25, 0.3) is 33.3 Å². The lowest BCUT2D eigenvalue weighted by atomic mass is 10.1. The Kier molecular flexibility index (Phi) is 4.61. The van der Waals surface area contributed by atoms with Crippen molar-refractivity contribution in [2.75, 3.05) is 0 Å². The van der Waals surface area contributed by atoms with E-state index in [1.54, 1.807) is 18.2 Å². The molecular weight excluding hydrogens is 427 g/mol. The lowest BCUT2D eigenvalue weighted by Crippen LogP contribution is -2.06. The van der Waals surface area contributed by atoms with E-state index in [0.717, 1.165) is 18.2 Å². The molecule has 0 aliphatic heterocycles. The first kappa shape index (κ1) is 20.0. The summed E-state index contributed by atoms with van der Waals surface area (Å²) in [4.78, 5) is 12.6. The topological polar surface area (TPSA) is 43.6 Å². The average Bonchev–Trinajstić information content (AvgIpc) is 3.18. The fraction of sp³-hybridized carbons (Fsp3) is 0.0870. The maximum absolute atomic E-state index is 15.0. The van der Waals surface area contributed by atoms with Crippen LogP contribution >= 0.6 is 0 Å². The molecule has 0 saturated carbocycles. The van der Waals surface area contributed by atoms with E-state index in [0.29, 0.717) is 11.2 Å². The van der Waals surface area contributed by atoms with Crippen molar-refractivity contribution in [2.45, 2.75) is 12.7 Å². The number of nitrogens with zero attached hydrogens (tertiary/aromatic N) is 4. The second kappa shape index (κ2) is 7.37.